The van der Waals surface area contributed by atoms with E-state index in [0.717, 1.165) is 22.3 Å². The Balaban J connectivity index is 1.88. The van der Waals surface area contributed by atoms with Gasteiger partial charge < -0.3 is 0 Å². The molecule has 1 aromatic carbocycles. The normalized spacial score (nSPS) is 10.7. The molecule has 0 saturated carbocycles. The van der Waals surface area contributed by atoms with Crippen LogP contribution < -0.4 is 0 Å². The topological polar surface area (TPSA) is 42.9 Å². The Morgan fingerprint density at radius 3 is 2.85 bits per heavy atom. The molecule has 2 aromatic heterocycles. The van der Waals surface area contributed by atoms with Crippen molar-refractivity contribution in [3.05, 3.63) is 71.7 Å². The molecule has 3 aromatic rings. The molecule has 0 bridgehead atoms. The molecule has 0 aliphatic heterocycles. The summed E-state index contributed by atoms with van der Waals surface area (Å²) in [5.74, 6) is 0.0776. The van der Waals surface area contributed by atoms with Gasteiger partial charge >= 0.3 is 0 Å². The van der Waals surface area contributed by atoms with E-state index in [1.54, 1.807) is 6.20 Å². The van der Waals surface area contributed by atoms with Crippen LogP contribution in [-0.4, -0.2) is 15.8 Å². The Kier molecular flexibility index (Phi) is 3.25. The van der Waals surface area contributed by atoms with Crippen LogP contribution in [0.15, 0.2) is 54.7 Å². The summed E-state index contributed by atoms with van der Waals surface area (Å²) < 4.78 is 0. The zero-order valence-electron chi connectivity index (χ0n) is 11.2. The molecule has 0 amide bonds. The Labute approximate surface area is 117 Å². The molecule has 3 rings (SSSR count). The molecular formula is C17H14N2O. The minimum atomic E-state index is 0.0776. The summed E-state index contributed by atoms with van der Waals surface area (Å²) in [7, 11) is 0. The van der Waals surface area contributed by atoms with Crippen LogP contribution in [-0.2, 0) is 6.42 Å². The van der Waals surface area contributed by atoms with E-state index in [4.69, 9.17) is 0 Å². The van der Waals surface area contributed by atoms with Crippen LogP contribution in [0.1, 0.15) is 21.7 Å². The largest absolute Gasteiger partial charge is 0.294 e. The second-order valence-electron chi connectivity index (χ2n) is 4.78. The summed E-state index contributed by atoms with van der Waals surface area (Å²) in [5, 5.41) is 0.982. The van der Waals surface area contributed by atoms with Gasteiger partial charge in [0.05, 0.1) is 11.9 Å². The number of pyridine rings is 2. The average molecular weight is 262 g/mol. The second-order valence-corrected chi connectivity index (χ2v) is 4.78. The first-order chi connectivity index (χ1) is 9.72. The van der Waals surface area contributed by atoms with Crippen LogP contribution in [0.2, 0.25) is 0 Å². The third-order valence-electron chi connectivity index (χ3n) is 3.21. The highest BCUT2D eigenvalue weighted by Gasteiger charge is 2.09. The minimum absolute atomic E-state index is 0.0776. The highest BCUT2D eigenvalue weighted by molar-refractivity contribution is 6.00. The fourth-order valence-electron chi connectivity index (χ4n) is 2.21. The van der Waals surface area contributed by atoms with Crippen molar-refractivity contribution in [3.63, 3.8) is 0 Å². The number of nitrogens with zero attached hydrogens (tertiary/aromatic N) is 2. The lowest BCUT2D eigenvalue weighted by Gasteiger charge is -2.03. The Morgan fingerprint density at radius 1 is 1.10 bits per heavy atom. The molecule has 0 N–H and O–H groups in total. The van der Waals surface area contributed by atoms with Crippen molar-refractivity contribution in [1.82, 2.24) is 9.97 Å². The number of ketones is 1. The molecule has 3 heteroatoms. The number of aryl methyl sites for hydroxylation is 1. The van der Waals surface area contributed by atoms with Crippen LogP contribution in [0.25, 0.3) is 10.9 Å². The molecule has 0 unspecified atom stereocenters. The van der Waals surface area contributed by atoms with Gasteiger partial charge in [0.2, 0.25) is 0 Å². The maximum atomic E-state index is 12.3. The number of hydrogen-bond acceptors (Lipinski definition) is 3. The van der Waals surface area contributed by atoms with Gasteiger partial charge in [-0.2, -0.15) is 0 Å². The lowest BCUT2D eigenvalue weighted by molar-refractivity contribution is 0.0992. The maximum Gasteiger partial charge on any atom is 0.168 e. The number of carbonyl (C=O) groups is 1. The van der Waals surface area contributed by atoms with Crippen molar-refractivity contribution in [3.8, 4) is 0 Å². The molecule has 98 valence electrons. The van der Waals surface area contributed by atoms with Gasteiger partial charge in [-0.25, -0.2) is 0 Å². The monoisotopic (exact) mass is 262 g/mol. The zero-order chi connectivity index (χ0) is 13.9. The van der Waals surface area contributed by atoms with E-state index in [1.165, 1.54) is 0 Å². The molecule has 0 spiro atoms. The van der Waals surface area contributed by atoms with E-state index >= 15 is 0 Å². The molecule has 0 aliphatic rings. The van der Waals surface area contributed by atoms with Crippen LogP contribution >= 0.6 is 0 Å². The van der Waals surface area contributed by atoms with Gasteiger partial charge in [0.25, 0.3) is 0 Å². The number of benzene rings is 1. The van der Waals surface area contributed by atoms with Gasteiger partial charge in [0.15, 0.2) is 5.78 Å². The molecule has 3 nitrogen and oxygen atoms in total. The third-order valence-corrected chi connectivity index (χ3v) is 3.21. The highest BCUT2D eigenvalue weighted by atomic mass is 16.1. The van der Waals surface area contributed by atoms with E-state index in [0.29, 0.717) is 12.0 Å². The van der Waals surface area contributed by atoms with E-state index in [-0.39, 0.29) is 5.78 Å². The summed E-state index contributed by atoms with van der Waals surface area (Å²) in [6.45, 7) is 1.93. The standard InChI is InChI=1S/C17H14N2O/c1-12-4-2-6-15(19-12)11-17(20)14-7-8-16-13(10-14)5-3-9-18-16/h2-10H,11H2,1H3. The van der Waals surface area contributed by atoms with Gasteiger partial charge in [-0.05, 0) is 43.3 Å². The summed E-state index contributed by atoms with van der Waals surface area (Å²) >= 11 is 0. The fourth-order valence-corrected chi connectivity index (χ4v) is 2.21. The maximum absolute atomic E-state index is 12.3. The van der Waals surface area contributed by atoms with Crippen LogP contribution in [0.5, 0.6) is 0 Å². The predicted octanol–water partition coefficient (Wildman–Crippen LogP) is 3.36. The fraction of sp³-hybridized carbons (Fsp3) is 0.118. The molecular weight excluding hydrogens is 248 g/mol. The first-order valence-electron chi connectivity index (χ1n) is 6.53. The minimum Gasteiger partial charge on any atom is -0.294 e. The lowest BCUT2D eigenvalue weighted by atomic mass is 10.0. The average Bonchev–Trinajstić information content (AvgIpc) is 2.47. The van der Waals surface area contributed by atoms with E-state index in [9.17, 15) is 4.79 Å². The van der Waals surface area contributed by atoms with Gasteiger partial charge in [-0.3, -0.25) is 14.8 Å². The Hall–Kier alpha value is -2.55. The van der Waals surface area contributed by atoms with Crippen molar-refractivity contribution < 1.29 is 4.79 Å². The number of carbonyl (C=O) groups excluding carboxylic acids is 1. The van der Waals surface area contributed by atoms with E-state index in [2.05, 4.69) is 9.97 Å². The molecule has 0 fully saturated rings. The smallest absolute Gasteiger partial charge is 0.168 e. The summed E-state index contributed by atoms with van der Waals surface area (Å²) in [6.07, 6.45) is 2.08. The van der Waals surface area contributed by atoms with Crippen molar-refractivity contribution in [2.24, 2.45) is 0 Å². The molecule has 0 aliphatic carbocycles. The number of rotatable bonds is 3. The Bertz CT molecular complexity index is 781. The Morgan fingerprint density at radius 2 is 2.00 bits per heavy atom. The van der Waals surface area contributed by atoms with Crippen LogP contribution in [0.4, 0.5) is 0 Å². The van der Waals surface area contributed by atoms with Crippen molar-refractivity contribution in [1.29, 1.82) is 0 Å². The predicted molar refractivity (Wildman–Crippen MR) is 78.8 cm³/mol. The number of aromatic nitrogens is 2. The van der Waals surface area contributed by atoms with Crippen LogP contribution in [0.3, 0.4) is 0 Å². The van der Waals surface area contributed by atoms with Gasteiger partial charge in [-0.1, -0.05) is 12.1 Å². The molecule has 0 radical (unpaired) electrons. The molecule has 20 heavy (non-hydrogen) atoms. The number of fused-ring (bicyclic) bond motifs is 1. The van der Waals surface area contributed by atoms with E-state index < -0.39 is 0 Å². The number of Topliss-reactive ketones (excluding diaryl/α,β-unsaturated/α-hetero) is 1. The second kappa shape index (κ2) is 5.21. The summed E-state index contributed by atoms with van der Waals surface area (Å²) in [5.41, 5.74) is 3.34. The molecule has 0 atom stereocenters. The lowest BCUT2D eigenvalue weighted by Crippen LogP contribution is -2.05. The molecule has 0 saturated heterocycles. The van der Waals surface area contributed by atoms with Crippen molar-refractivity contribution >= 4 is 16.7 Å². The molecule has 2 heterocycles. The number of hydrogen-bond donors (Lipinski definition) is 0. The van der Waals surface area contributed by atoms with Gasteiger partial charge in [0, 0.05) is 28.5 Å². The van der Waals surface area contributed by atoms with Crippen LogP contribution in [0, 0.1) is 6.92 Å². The first-order valence-corrected chi connectivity index (χ1v) is 6.53. The third kappa shape index (κ3) is 2.57. The summed E-state index contributed by atoms with van der Waals surface area (Å²) in [6, 6.07) is 15.2. The SMILES string of the molecule is Cc1cccc(CC(=O)c2ccc3ncccc3c2)n1. The van der Waals surface area contributed by atoms with E-state index in [1.807, 2.05) is 55.5 Å². The van der Waals surface area contributed by atoms with Crippen molar-refractivity contribution in [2.45, 2.75) is 13.3 Å². The zero-order valence-corrected chi connectivity index (χ0v) is 11.2. The van der Waals surface area contributed by atoms with Crippen molar-refractivity contribution in [2.75, 3.05) is 0 Å². The first kappa shape index (κ1) is 12.5. The van der Waals surface area contributed by atoms with Gasteiger partial charge in [0.1, 0.15) is 0 Å². The quantitative estimate of drug-likeness (QED) is 0.680. The van der Waals surface area contributed by atoms with Gasteiger partial charge in [-0.15, -0.1) is 0 Å². The summed E-state index contributed by atoms with van der Waals surface area (Å²) in [4.78, 5) is 20.9. The highest BCUT2D eigenvalue weighted by Crippen LogP contribution is 2.15.